The molecule has 0 heterocycles. The van der Waals surface area contributed by atoms with E-state index in [1.165, 1.54) is 0 Å². The van der Waals surface area contributed by atoms with Gasteiger partial charge in [0.15, 0.2) is 5.78 Å². The number of carbonyl (C=O) groups excluding carboxylic acids is 1. The molecule has 1 N–H and O–H groups in total. The number of halogens is 1. The van der Waals surface area contributed by atoms with Crippen molar-refractivity contribution in [1.29, 1.82) is 0 Å². The molecular formula is C13H19BrO3. The minimum atomic E-state index is -0.713. The number of aliphatic carboxylic acids is 1. The Kier molecular flexibility index (Phi) is 6.48. The van der Waals surface area contributed by atoms with Gasteiger partial charge < -0.3 is 5.11 Å². The highest BCUT2D eigenvalue weighted by molar-refractivity contribution is 9.09. The Labute approximate surface area is 110 Å². The summed E-state index contributed by atoms with van der Waals surface area (Å²) in [6.07, 6.45) is 8.68. The Morgan fingerprint density at radius 2 is 1.94 bits per heavy atom. The molecule has 1 aliphatic carbocycles. The number of hydrogen-bond donors (Lipinski definition) is 1. The summed E-state index contributed by atoms with van der Waals surface area (Å²) < 4.78 is 0. The smallest absolute Gasteiger partial charge is 0.303 e. The molecule has 0 aromatic rings. The van der Waals surface area contributed by atoms with E-state index in [1.807, 2.05) is 6.08 Å². The maximum Gasteiger partial charge on any atom is 0.303 e. The van der Waals surface area contributed by atoms with Crippen LogP contribution in [0.1, 0.15) is 51.4 Å². The third-order valence-electron chi connectivity index (χ3n) is 2.96. The topological polar surface area (TPSA) is 54.4 Å². The zero-order valence-corrected chi connectivity index (χ0v) is 11.5. The van der Waals surface area contributed by atoms with Crippen LogP contribution in [-0.4, -0.2) is 21.7 Å². The third-order valence-corrected chi connectivity index (χ3v) is 3.55. The SMILES string of the molecule is O=C(O)CCCCCCCC1=CC(Br)CC1=O. The zero-order valence-electron chi connectivity index (χ0n) is 9.95. The molecule has 0 aromatic carbocycles. The monoisotopic (exact) mass is 302 g/mol. The Bertz CT molecular complexity index is 310. The van der Waals surface area contributed by atoms with Gasteiger partial charge in [0.1, 0.15) is 0 Å². The summed E-state index contributed by atoms with van der Waals surface area (Å²) in [5.41, 5.74) is 0.970. The largest absolute Gasteiger partial charge is 0.481 e. The van der Waals surface area contributed by atoms with Gasteiger partial charge in [-0.2, -0.15) is 0 Å². The van der Waals surface area contributed by atoms with Crippen molar-refractivity contribution in [3.05, 3.63) is 11.6 Å². The first-order valence-electron chi connectivity index (χ1n) is 6.19. The number of carboxylic acid groups (broad SMARTS) is 1. The van der Waals surface area contributed by atoms with Crippen molar-refractivity contribution in [2.75, 3.05) is 0 Å². The van der Waals surface area contributed by atoms with Gasteiger partial charge in [0, 0.05) is 17.7 Å². The standard InChI is InChI=1S/C13H19BrO3/c14-11-8-10(12(15)9-11)6-4-2-1-3-5-7-13(16)17/h8,11H,1-7,9H2,(H,16,17). The van der Waals surface area contributed by atoms with E-state index in [0.29, 0.717) is 6.42 Å². The van der Waals surface area contributed by atoms with Gasteiger partial charge >= 0.3 is 5.97 Å². The number of alkyl halides is 1. The molecule has 0 aliphatic heterocycles. The number of ketones is 1. The number of carboxylic acids is 1. The fraction of sp³-hybridized carbons (Fsp3) is 0.692. The first kappa shape index (κ1) is 14.4. The quantitative estimate of drug-likeness (QED) is 0.552. The van der Waals surface area contributed by atoms with E-state index in [-0.39, 0.29) is 17.0 Å². The number of unbranched alkanes of at least 4 members (excludes halogenated alkanes) is 4. The van der Waals surface area contributed by atoms with E-state index in [2.05, 4.69) is 15.9 Å². The molecule has 0 spiro atoms. The Balaban J connectivity index is 1.99. The van der Waals surface area contributed by atoms with Crippen LogP contribution in [0.4, 0.5) is 0 Å². The molecule has 0 saturated carbocycles. The molecule has 0 radical (unpaired) electrons. The molecule has 3 nitrogen and oxygen atoms in total. The van der Waals surface area contributed by atoms with Crippen LogP contribution in [0.25, 0.3) is 0 Å². The highest BCUT2D eigenvalue weighted by Crippen LogP contribution is 2.25. The fourth-order valence-corrected chi connectivity index (χ4v) is 2.64. The molecule has 1 atom stereocenters. The zero-order chi connectivity index (χ0) is 12.7. The van der Waals surface area contributed by atoms with Crippen molar-refractivity contribution in [2.24, 2.45) is 0 Å². The Morgan fingerprint density at radius 3 is 2.53 bits per heavy atom. The maximum absolute atomic E-state index is 11.5. The van der Waals surface area contributed by atoms with Gasteiger partial charge in [-0.25, -0.2) is 0 Å². The molecular weight excluding hydrogens is 284 g/mol. The summed E-state index contributed by atoms with van der Waals surface area (Å²) >= 11 is 3.42. The van der Waals surface area contributed by atoms with Crippen molar-refractivity contribution in [3.63, 3.8) is 0 Å². The number of Topliss-reactive ketones (excluding diaryl/α,β-unsaturated/α-hetero) is 1. The Morgan fingerprint density at radius 1 is 1.29 bits per heavy atom. The van der Waals surface area contributed by atoms with E-state index in [4.69, 9.17) is 5.11 Å². The van der Waals surface area contributed by atoms with Gasteiger partial charge in [0.2, 0.25) is 0 Å². The lowest BCUT2D eigenvalue weighted by Gasteiger charge is -2.01. The third kappa shape index (κ3) is 6.01. The van der Waals surface area contributed by atoms with Gasteiger partial charge in [0.25, 0.3) is 0 Å². The molecule has 4 heteroatoms. The molecule has 1 unspecified atom stereocenters. The highest BCUT2D eigenvalue weighted by atomic mass is 79.9. The van der Waals surface area contributed by atoms with Crippen LogP contribution in [0.2, 0.25) is 0 Å². The number of carbonyl (C=O) groups is 2. The van der Waals surface area contributed by atoms with E-state index >= 15 is 0 Å². The summed E-state index contributed by atoms with van der Waals surface area (Å²) in [6, 6.07) is 0. The normalized spacial score (nSPS) is 19.5. The van der Waals surface area contributed by atoms with Crippen molar-refractivity contribution in [1.82, 2.24) is 0 Å². The molecule has 17 heavy (non-hydrogen) atoms. The van der Waals surface area contributed by atoms with Crippen molar-refractivity contribution < 1.29 is 14.7 Å². The van der Waals surface area contributed by atoms with Crippen LogP contribution in [0, 0.1) is 0 Å². The van der Waals surface area contributed by atoms with Gasteiger partial charge in [-0.05, 0) is 24.8 Å². The second-order valence-corrected chi connectivity index (χ2v) is 5.67. The lowest BCUT2D eigenvalue weighted by Crippen LogP contribution is -1.97. The fourth-order valence-electron chi connectivity index (χ4n) is 2.02. The molecule has 0 bridgehead atoms. The summed E-state index contributed by atoms with van der Waals surface area (Å²) in [6.45, 7) is 0. The lowest BCUT2D eigenvalue weighted by molar-refractivity contribution is -0.137. The maximum atomic E-state index is 11.5. The molecule has 0 amide bonds. The van der Waals surface area contributed by atoms with Crippen LogP contribution in [0.3, 0.4) is 0 Å². The molecule has 0 fully saturated rings. The van der Waals surface area contributed by atoms with Gasteiger partial charge in [-0.3, -0.25) is 9.59 Å². The molecule has 1 rings (SSSR count). The number of hydrogen-bond acceptors (Lipinski definition) is 2. The van der Waals surface area contributed by atoms with Gasteiger partial charge in [-0.1, -0.05) is 41.3 Å². The van der Waals surface area contributed by atoms with E-state index in [1.54, 1.807) is 0 Å². The van der Waals surface area contributed by atoms with Crippen molar-refractivity contribution >= 4 is 27.7 Å². The van der Waals surface area contributed by atoms with Crippen molar-refractivity contribution in [2.45, 2.75) is 56.2 Å². The average molecular weight is 303 g/mol. The summed E-state index contributed by atoms with van der Waals surface area (Å²) in [4.78, 5) is 22.0. The second kappa shape index (κ2) is 7.64. The van der Waals surface area contributed by atoms with Crippen LogP contribution in [0.5, 0.6) is 0 Å². The number of rotatable bonds is 8. The summed E-state index contributed by atoms with van der Waals surface area (Å²) in [7, 11) is 0. The lowest BCUT2D eigenvalue weighted by atomic mass is 10.0. The van der Waals surface area contributed by atoms with Crippen molar-refractivity contribution in [3.8, 4) is 0 Å². The van der Waals surface area contributed by atoms with Gasteiger partial charge in [0.05, 0.1) is 0 Å². The Hall–Kier alpha value is -0.640. The summed E-state index contributed by atoms with van der Waals surface area (Å²) in [5.74, 6) is -0.437. The first-order valence-corrected chi connectivity index (χ1v) is 7.11. The van der Waals surface area contributed by atoms with E-state index in [9.17, 15) is 9.59 Å². The average Bonchev–Trinajstić information content (AvgIpc) is 2.55. The minimum absolute atomic E-state index is 0.237. The predicted octanol–water partition coefficient (Wildman–Crippen LogP) is 3.46. The van der Waals surface area contributed by atoms with Crippen LogP contribution in [0.15, 0.2) is 11.6 Å². The molecule has 0 saturated heterocycles. The minimum Gasteiger partial charge on any atom is -0.481 e. The van der Waals surface area contributed by atoms with Crippen LogP contribution in [-0.2, 0) is 9.59 Å². The van der Waals surface area contributed by atoms with Crippen LogP contribution >= 0.6 is 15.9 Å². The molecule has 96 valence electrons. The second-order valence-electron chi connectivity index (χ2n) is 4.50. The van der Waals surface area contributed by atoms with E-state index in [0.717, 1.165) is 44.1 Å². The van der Waals surface area contributed by atoms with Gasteiger partial charge in [-0.15, -0.1) is 0 Å². The van der Waals surface area contributed by atoms with Crippen LogP contribution < -0.4 is 0 Å². The highest BCUT2D eigenvalue weighted by Gasteiger charge is 2.20. The predicted molar refractivity (Wildman–Crippen MR) is 70.4 cm³/mol. The number of allylic oxidation sites excluding steroid dienone is 2. The molecule has 0 aromatic heterocycles. The summed E-state index contributed by atoms with van der Waals surface area (Å²) in [5, 5.41) is 8.46. The van der Waals surface area contributed by atoms with E-state index < -0.39 is 5.97 Å². The molecule has 1 aliphatic rings. The first-order chi connectivity index (χ1) is 8.09.